The molecule has 0 aromatic heterocycles. The molecule has 1 heterocycles. The van der Waals surface area contributed by atoms with Gasteiger partial charge in [-0.25, -0.2) is 4.79 Å². The van der Waals surface area contributed by atoms with Crippen molar-refractivity contribution >= 4 is 5.97 Å². The number of rotatable bonds is 2. The Labute approximate surface area is 106 Å². The van der Waals surface area contributed by atoms with Gasteiger partial charge in [0.25, 0.3) is 0 Å². The van der Waals surface area contributed by atoms with Gasteiger partial charge in [-0.1, -0.05) is 6.92 Å². The second kappa shape index (κ2) is 4.28. The lowest BCUT2D eigenvalue weighted by Gasteiger charge is -2.20. The molecule has 2 N–H and O–H groups in total. The maximum absolute atomic E-state index is 11.3. The predicted octanol–water partition coefficient (Wildman–Crippen LogP) is 1.86. The molecule has 0 radical (unpaired) electrons. The minimum atomic E-state index is -0.247. The number of ether oxygens (including phenoxy) is 2. The minimum absolute atomic E-state index is 0.0797. The van der Waals surface area contributed by atoms with Gasteiger partial charge in [0, 0.05) is 11.6 Å². The first kappa shape index (κ1) is 11.5. The van der Waals surface area contributed by atoms with Crippen LogP contribution in [0, 0.1) is 5.92 Å². The quantitative estimate of drug-likeness (QED) is 0.810. The lowest BCUT2D eigenvalue weighted by molar-refractivity contribution is 0.0535. The normalized spacial score (nSPS) is 30.1. The number of hydrogen-bond donors (Lipinski definition) is 1. The van der Waals surface area contributed by atoms with E-state index in [9.17, 15) is 4.79 Å². The Kier molecular flexibility index (Phi) is 2.74. The number of nitrogens with two attached hydrogens (primary N) is 1. The van der Waals surface area contributed by atoms with Crippen molar-refractivity contribution in [3.63, 3.8) is 0 Å². The molecule has 0 amide bonds. The smallest absolute Gasteiger partial charge is 0.338 e. The zero-order chi connectivity index (χ0) is 12.7. The summed E-state index contributed by atoms with van der Waals surface area (Å²) in [6.45, 7) is 2.50. The Balaban J connectivity index is 1.76. The highest BCUT2D eigenvalue weighted by Crippen LogP contribution is 2.30. The molecule has 3 atom stereocenters. The van der Waals surface area contributed by atoms with Gasteiger partial charge in [0.1, 0.15) is 18.5 Å². The maximum atomic E-state index is 11.3. The molecule has 3 rings (SSSR count). The Bertz CT molecular complexity index is 486. The summed E-state index contributed by atoms with van der Waals surface area (Å²) in [5.41, 5.74) is 7.65. The van der Waals surface area contributed by atoms with Crippen LogP contribution in [0.5, 0.6) is 5.75 Å². The number of esters is 1. The highest BCUT2D eigenvalue weighted by atomic mass is 16.5. The van der Waals surface area contributed by atoms with Gasteiger partial charge in [-0.15, -0.1) is 0 Å². The van der Waals surface area contributed by atoms with Gasteiger partial charge < -0.3 is 15.2 Å². The molecule has 18 heavy (non-hydrogen) atoms. The minimum Gasteiger partial charge on any atom is -0.489 e. The van der Waals surface area contributed by atoms with E-state index >= 15 is 0 Å². The number of cyclic esters (lactones) is 1. The lowest BCUT2D eigenvalue weighted by Crippen LogP contribution is -2.37. The summed E-state index contributed by atoms with van der Waals surface area (Å²) >= 11 is 0. The van der Waals surface area contributed by atoms with E-state index in [-0.39, 0.29) is 18.1 Å². The van der Waals surface area contributed by atoms with Crippen LogP contribution >= 0.6 is 0 Å². The highest BCUT2D eigenvalue weighted by Gasteiger charge is 2.32. The van der Waals surface area contributed by atoms with Crippen LogP contribution in [0.15, 0.2) is 18.2 Å². The zero-order valence-electron chi connectivity index (χ0n) is 10.4. The summed E-state index contributed by atoms with van der Waals surface area (Å²) < 4.78 is 10.9. The van der Waals surface area contributed by atoms with Crippen LogP contribution in [0.1, 0.15) is 35.7 Å². The molecule has 1 aliphatic carbocycles. The monoisotopic (exact) mass is 247 g/mol. The van der Waals surface area contributed by atoms with E-state index in [0.29, 0.717) is 18.1 Å². The summed E-state index contributed by atoms with van der Waals surface area (Å²) in [5, 5.41) is 0. The van der Waals surface area contributed by atoms with Crippen molar-refractivity contribution in [3.05, 3.63) is 29.3 Å². The van der Waals surface area contributed by atoms with E-state index in [1.807, 2.05) is 12.1 Å². The van der Waals surface area contributed by atoms with Gasteiger partial charge in [-0.3, -0.25) is 0 Å². The zero-order valence-corrected chi connectivity index (χ0v) is 10.4. The molecule has 1 aromatic rings. The van der Waals surface area contributed by atoms with E-state index in [2.05, 4.69) is 6.92 Å². The summed E-state index contributed by atoms with van der Waals surface area (Å²) in [7, 11) is 0. The predicted molar refractivity (Wildman–Crippen MR) is 66.4 cm³/mol. The topological polar surface area (TPSA) is 61.5 Å². The molecule has 0 unspecified atom stereocenters. The number of hydrogen-bond acceptors (Lipinski definition) is 4. The molecule has 4 nitrogen and oxygen atoms in total. The van der Waals surface area contributed by atoms with E-state index in [0.717, 1.165) is 24.2 Å². The summed E-state index contributed by atoms with van der Waals surface area (Å²) in [4.78, 5) is 11.3. The number of carbonyl (C=O) groups excluding carboxylic acids is 1. The van der Waals surface area contributed by atoms with Gasteiger partial charge in [0.2, 0.25) is 0 Å². The second-order valence-corrected chi connectivity index (χ2v) is 5.18. The third-order valence-corrected chi connectivity index (χ3v) is 3.94. The second-order valence-electron chi connectivity index (χ2n) is 5.18. The fraction of sp³-hybridized carbons (Fsp3) is 0.500. The first-order valence-electron chi connectivity index (χ1n) is 6.37. The van der Waals surface area contributed by atoms with Gasteiger partial charge in [0.15, 0.2) is 0 Å². The summed E-state index contributed by atoms with van der Waals surface area (Å²) in [6.07, 6.45) is 2.18. The highest BCUT2D eigenvalue weighted by molar-refractivity contribution is 5.93. The maximum Gasteiger partial charge on any atom is 0.338 e. The molecule has 1 aromatic carbocycles. The van der Waals surface area contributed by atoms with Gasteiger partial charge in [0.05, 0.1) is 5.56 Å². The van der Waals surface area contributed by atoms with E-state index in [1.54, 1.807) is 6.07 Å². The number of fused-ring (bicyclic) bond motifs is 1. The fourth-order valence-electron chi connectivity index (χ4n) is 2.67. The Morgan fingerprint density at radius 2 is 2.22 bits per heavy atom. The number of carbonyl (C=O) groups is 1. The van der Waals surface area contributed by atoms with Crippen LogP contribution in [0.3, 0.4) is 0 Å². The molecule has 0 spiro atoms. The first-order valence-corrected chi connectivity index (χ1v) is 6.37. The SMILES string of the molecule is C[C@H]1CC[C@H](Oc2ccc3c(c2)COC3=O)[C@H]1N. The fourth-order valence-corrected chi connectivity index (χ4v) is 2.67. The van der Waals surface area contributed by atoms with Crippen LogP contribution in [0.25, 0.3) is 0 Å². The average Bonchev–Trinajstić information content (AvgIpc) is 2.88. The molecule has 2 aliphatic rings. The molecule has 0 bridgehead atoms. The van der Waals surface area contributed by atoms with Crippen molar-refractivity contribution in [2.75, 3.05) is 0 Å². The van der Waals surface area contributed by atoms with Gasteiger partial charge in [-0.05, 0) is 37.0 Å². The molecule has 1 fully saturated rings. The van der Waals surface area contributed by atoms with Crippen LogP contribution in [-0.2, 0) is 11.3 Å². The van der Waals surface area contributed by atoms with E-state index in [4.69, 9.17) is 15.2 Å². The van der Waals surface area contributed by atoms with Crippen molar-refractivity contribution in [1.29, 1.82) is 0 Å². The Morgan fingerprint density at radius 3 is 2.94 bits per heavy atom. The molecule has 96 valence electrons. The Morgan fingerprint density at radius 1 is 1.39 bits per heavy atom. The van der Waals surface area contributed by atoms with Crippen LogP contribution in [0.2, 0.25) is 0 Å². The van der Waals surface area contributed by atoms with Gasteiger partial charge >= 0.3 is 5.97 Å². The van der Waals surface area contributed by atoms with E-state index in [1.165, 1.54) is 0 Å². The molecule has 1 aliphatic heterocycles. The van der Waals surface area contributed by atoms with Gasteiger partial charge in [-0.2, -0.15) is 0 Å². The van der Waals surface area contributed by atoms with Crippen LogP contribution < -0.4 is 10.5 Å². The third kappa shape index (κ3) is 1.86. The Hall–Kier alpha value is -1.55. The summed E-state index contributed by atoms with van der Waals surface area (Å²) in [6, 6.07) is 5.57. The van der Waals surface area contributed by atoms with E-state index < -0.39 is 0 Å². The lowest BCUT2D eigenvalue weighted by atomic mass is 10.1. The van der Waals surface area contributed by atoms with Crippen molar-refractivity contribution in [2.45, 2.75) is 38.5 Å². The molecular weight excluding hydrogens is 230 g/mol. The first-order chi connectivity index (χ1) is 8.65. The number of benzene rings is 1. The van der Waals surface area contributed by atoms with Crippen molar-refractivity contribution in [3.8, 4) is 5.75 Å². The van der Waals surface area contributed by atoms with Crippen molar-refractivity contribution in [1.82, 2.24) is 0 Å². The van der Waals surface area contributed by atoms with Crippen LogP contribution in [0.4, 0.5) is 0 Å². The average molecular weight is 247 g/mol. The van der Waals surface area contributed by atoms with Crippen molar-refractivity contribution in [2.24, 2.45) is 11.7 Å². The largest absolute Gasteiger partial charge is 0.489 e. The van der Waals surface area contributed by atoms with Crippen molar-refractivity contribution < 1.29 is 14.3 Å². The summed E-state index contributed by atoms with van der Waals surface area (Å²) in [5.74, 6) is 1.04. The third-order valence-electron chi connectivity index (χ3n) is 3.94. The molecule has 1 saturated carbocycles. The molecule has 4 heteroatoms. The van der Waals surface area contributed by atoms with Crippen LogP contribution in [-0.4, -0.2) is 18.1 Å². The molecule has 0 saturated heterocycles. The standard InChI is InChI=1S/C14H17NO3/c1-8-2-5-12(13(8)15)18-10-3-4-11-9(6-10)7-17-14(11)16/h3-4,6,8,12-13H,2,5,7,15H2,1H3/t8-,12-,13-/m0/s1. The molecular formula is C14H17NO3.